The van der Waals surface area contributed by atoms with Crippen molar-refractivity contribution in [2.45, 2.75) is 5.92 Å². The van der Waals surface area contributed by atoms with Crippen LogP contribution >= 0.6 is 0 Å². The molecule has 4 heteroatoms. The van der Waals surface area contributed by atoms with E-state index in [1.807, 2.05) is 12.1 Å². The molecule has 1 aromatic heterocycles. The van der Waals surface area contributed by atoms with Crippen LogP contribution in [0.2, 0.25) is 0 Å². The second-order valence-electron chi connectivity index (χ2n) is 10.4. The van der Waals surface area contributed by atoms with Crippen LogP contribution in [0.3, 0.4) is 0 Å². The molecule has 1 unspecified atom stereocenters. The first-order valence-corrected chi connectivity index (χ1v) is 13.3. The van der Waals surface area contributed by atoms with Gasteiger partial charge in [-0.15, -0.1) is 0 Å². The molecule has 6 aromatic carbocycles. The Labute approximate surface area is 226 Å². The molecule has 0 amide bonds. The first-order chi connectivity index (χ1) is 19.2. The highest BCUT2D eigenvalue weighted by atomic mass is 16.4. The van der Waals surface area contributed by atoms with Crippen LogP contribution in [0.25, 0.3) is 49.4 Å². The molecular formula is C35H24BNO2. The molecule has 0 bridgehead atoms. The number of benzene rings is 6. The number of rotatable bonds is 3. The summed E-state index contributed by atoms with van der Waals surface area (Å²) in [5.41, 5.74) is 9.99. The first kappa shape index (κ1) is 22.4. The Morgan fingerprint density at radius 2 is 1.36 bits per heavy atom. The minimum atomic E-state index is -1.50. The van der Waals surface area contributed by atoms with Gasteiger partial charge in [0.15, 0.2) is 0 Å². The van der Waals surface area contributed by atoms with Gasteiger partial charge in [-0.2, -0.15) is 0 Å². The summed E-state index contributed by atoms with van der Waals surface area (Å²) in [6.07, 6.45) is 0. The van der Waals surface area contributed by atoms with Crippen LogP contribution < -0.4 is 5.46 Å². The van der Waals surface area contributed by atoms with Gasteiger partial charge in [0, 0.05) is 22.4 Å². The van der Waals surface area contributed by atoms with E-state index in [-0.39, 0.29) is 5.92 Å². The zero-order valence-electron chi connectivity index (χ0n) is 21.1. The van der Waals surface area contributed by atoms with Gasteiger partial charge in [0.2, 0.25) is 0 Å². The van der Waals surface area contributed by atoms with Crippen molar-refractivity contribution < 1.29 is 10.0 Å². The highest BCUT2D eigenvalue weighted by Gasteiger charge is 2.32. The average Bonchev–Trinajstić information content (AvgIpc) is 3.48. The fraction of sp³-hybridized carbons (Fsp3) is 0.0286. The zero-order valence-corrected chi connectivity index (χ0v) is 21.1. The normalized spacial score (nSPS) is 14.2. The van der Waals surface area contributed by atoms with Crippen molar-refractivity contribution in [3.8, 4) is 16.8 Å². The van der Waals surface area contributed by atoms with E-state index in [9.17, 15) is 10.0 Å². The summed E-state index contributed by atoms with van der Waals surface area (Å²) >= 11 is 0. The fourth-order valence-electron chi connectivity index (χ4n) is 6.60. The maximum Gasteiger partial charge on any atom is 0.488 e. The minimum absolute atomic E-state index is 0.00159. The van der Waals surface area contributed by atoms with Crippen molar-refractivity contribution in [2.75, 3.05) is 0 Å². The number of hydrogen-bond donors (Lipinski definition) is 2. The summed E-state index contributed by atoms with van der Waals surface area (Å²) in [6, 6.07) is 44.7. The SMILES string of the molecule is OB(O)c1cccc(C2c3ccccc3-c3cc4c5c6ccccc6ccc5n(-c5ccccc5)c4cc32)c1. The zero-order chi connectivity index (χ0) is 26.1. The third-order valence-electron chi connectivity index (χ3n) is 8.26. The minimum Gasteiger partial charge on any atom is -0.423 e. The first-order valence-electron chi connectivity index (χ1n) is 13.3. The lowest BCUT2D eigenvalue weighted by molar-refractivity contribution is 0.425. The van der Waals surface area contributed by atoms with E-state index in [4.69, 9.17) is 0 Å². The molecule has 1 aliphatic rings. The van der Waals surface area contributed by atoms with E-state index in [1.54, 1.807) is 6.07 Å². The molecule has 0 radical (unpaired) electrons. The molecule has 3 nitrogen and oxygen atoms in total. The summed E-state index contributed by atoms with van der Waals surface area (Å²) in [6.45, 7) is 0. The number of nitrogens with zero attached hydrogens (tertiary/aromatic N) is 1. The standard InChI is InChI=1S/C35H24BNO2/c38-36(39)24-11-8-10-23(19-24)34-28-16-7-6-15-27(28)29-20-31-33(21-30(29)34)37(25-12-2-1-3-13-25)32-18-17-22-9-4-5-14-26(22)35(31)32/h1-21,34,38-39H. The highest BCUT2D eigenvalue weighted by molar-refractivity contribution is 6.58. The van der Waals surface area contributed by atoms with Crippen molar-refractivity contribution in [3.63, 3.8) is 0 Å². The van der Waals surface area contributed by atoms with Gasteiger partial charge in [0.05, 0.1) is 11.0 Å². The van der Waals surface area contributed by atoms with Crippen LogP contribution in [-0.4, -0.2) is 21.7 Å². The Balaban J connectivity index is 1.51. The summed E-state index contributed by atoms with van der Waals surface area (Å²) in [5.74, 6) is -0.00159. The quantitative estimate of drug-likeness (QED) is 0.262. The van der Waals surface area contributed by atoms with E-state index in [0.29, 0.717) is 5.46 Å². The lowest BCUT2D eigenvalue weighted by Crippen LogP contribution is -2.30. The third-order valence-corrected chi connectivity index (χ3v) is 8.26. The molecule has 0 spiro atoms. The van der Waals surface area contributed by atoms with Crippen LogP contribution in [-0.2, 0) is 0 Å². The summed E-state index contributed by atoms with van der Waals surface area (Å²) in [7, 11) is -1.50. The Bertz CT molecular complexity index is 2060. The number of hydrogen-bond acceptors (Lipinski definition) is 2. The van der Waals surface area contributed by atoms with Crippen molar-refractivity contribution in [1.82, 2.24) is 4.57 Å². The molecule has 1 atom stereocenters. The molecule has 1 heterocycles. The summed E-state index contributed by atoms with van der Waals surface area (Å²) < 4.78 is 2.38. The van der Waals surface area contributed by atoms with E-state index in [0.717, 1.165) is 11.3 Å². The smallest absolute Gasteiger partial charge is 0.423 e. The van der Waals surface area contributed by atoms with Gasteiger partial charge in [0.1, 0.15) is 0 Å². The second-order valence-corrected chi connectivity index (χ2v) is 10.4. The number of para-hydroxylation sites is 1. The van der Waals surface area contributed by atoms with Crippen molar-refractivity contribution in [1.29, 1.82) is 0 Å². The van der Waals surface area contributed by atoms with Crippen LogP contribution in [0.5, 0.6) is 0 Å². The maximum absolute atomic E-state index is 9.90. The van der Waals surface area contributed by atoms with Gasteiger partial charge in [-0.25, -0.2) is 0 Å². The molecule has 8 rings (SSSR count). The Kier molecular flexibility index (Phi) is 4.84. The molecule has 0 fully saturated rings. The molecule has 2 N–H and O–H groups in total. The van der Waals surface area contributed by atoms with Crippen molar-refractivity contribution >= 4 is 45.2 Å². The average molecular weight is 501 g/mol. The van der Waals surface area contributed by atoms with Crippen molar-refractivity contribution in [2.24, 2.45) is 0 Å². The predicted molar refractivity (Wildman–Crippen MR) is 161 cm³/mol. The molecule has 1 aliphatic carbocycles. The largest absolute Gasteiger partial charge is 0.488 e. The molecule has 0 aliphatic heterocycles. The van der Waals surface area contributed by atoms with Crippen LogP contribution in [0, 0.1) is 0 Å². The van der Waals surface area contributed by atoms with Crippen molar-refractivity contribution in [3.05, 3.63) is 144 Å². The maximum atomic E-state index is 9.90. The predicted octanol–water partition coefficient (Wildman–Crippen LogP) is 6.78. The van der Waals surface area contributed by atoms with Crippen LogP contribution in [0.4, 0.5) is 0 Å². The molecule has 184 valence electrons. The number of aromatic nitrogens is 1. The van der Waals surface area contributed by atoms with Gasteiger partial charge in [-0.3, -0.25) is 0 Å². The Morgan fingerprint density at radius 1 is 0.564 bits per heavy atom. The van der Waals surface area contributed by atoms with E-state index in [1.165, 1.54) is 54.8 Å². The second kappa shape index (κ2) is 8.44. The topological polar surface area (TPSA) is 45.4 Å². The van der Waals surface area contributed by atoms with E-state index >= 15 is 0 Å². The van der Waals surface area contributed by atoms with Gasteiger partial charge in [-0.05, 0) is 74.4 Å². The van der Waals surface area contributed by atoms with Gasteiger partial charge in [0.25, 0.3) is 0 Å². The monoisotopic (exact) mass is 501 g/mol. The lowest BCUT2D eigenvalue weighted by Gasteiger charge is -2.16. The van der Waals surface area contributed by atoms with Gasteiger partial charge >= 0.3 is 7.12 Å². The van der Waals surface area contributed by atoms with Crippen LogP contribution in [0.1, 0.15) is 22.6 Å². The molecular weight excluding hydrogens is 477 g/mol. The Hall–Kier alpha value is -4.64. The molecule has 0 saturated heterocycles. The lowest BCUT2D eigenvalue weighted by atomic mass is 9.77. The van der Waals surface area contributed by atoms with Gasteiger partial charge in [-0.1, -0.05) is 97.1 Å². The van der Waals surface area contributed by atoms with Crippen LogP contribution in [0.15, 0.2) is 127 Å². The molecule has 0 saturated carbocycles. The molecule has 39 heavy (non-hydrogen) atoms. The Morgan fingerprint density at radius 3 is 2.23 bits per heavy atom. The summed E-state index contributed by atoms with van der Waals surface area (Å²) in [5, 5.41) is 24.8. The molecule has 7 aromatic rings. The fourth-order valence-corrected chi connectivity index (χ4v) is 6.60. The van der Waals surface area contributed by atoms with E-state index in [2.05, 4.69) is 114 Å². The van der Waals surface area contributed by atoms with E-state index < -0.39 is 7.12 Å². The van der Waals surface area contributed by atoms with Gasteiger partial charge < -0.3 is 14.6 Å². The summed E-state index contributed by atoms with van der Waals surface area (Å²) in [4.78, 5) is 0. The third kappa shape index (κ3) is 3.26. The highest BCUT2D eigenvalue weighted by Crippen LogP contribution is 2.50. The number of fused-ring (bicyclic) bond motifs is 8.